The van der Waals surface area contributed by atoms with Crippen LogP contribution in [-0.4, -0.2) is 45.5 Å². The van der Waals surface area contributed by atoms with Crippen molar-refractivity contribution in [2.45, 2.75) is 13.1 Å². The van der Waals surface area contributed by atoms with Gasteiger partial charge in [-0.05, 0) is 29.8 Å². The van der Waals surface area contributed by atoms with E-state index in [0.717, 1.165) is 61.2 Å². The summed E-state index contributed by atoms with van der Waals surface area (Å²) in [5, 5.41) is 1.44. The van der Waals surface area contributed by atoms with E-state index < -0.39 is 0 Å². The zero-order valence-electron chi connectivity index (χ0n) is 14.8. The molecule has 0 saturated carbocycles. The highest BCUT2D eigenvalue weighted by atomic mass is 35.5. The molecular formula is C20H22Cl2N4. The summed E-state index contributed by atoms with van der Waals surface area (Å²) in [6.07, 6.45) is 0. The highest BCUT2D eigenvalue weighted by Gasteiger charge is 2.19. The first-order valence-corrected chi connectivity index (χ1v) is 9.65. The molecule has 0 spiro atoms. The first-order chi connectivity index (χ1) is 12.6. The molecule has 0 N–H and O–H groups in total. The van der Waals surface area contributed by atoms with Gasteiger partial charge in [-0.2, -0.15) is 0 Å². The number of para-hydroxylation sites is 2. The Bertz CT molecular complexity index is 913. The van der Waals surface area contributed by atoms with Crippen LogP contribution in [0.5, 0.6) is 0 Å². The Morgan fingerprint density at radius 1 is 0.923 bits per heavy atom. The second kappa shape index (κ2) is 7.57. The summed E-state index contributed by atoms with van der Waals surface area (Å²) >= 11 is 12.3. The van der Waals surface area contributed by atoms with Crippen LogP contribution in [0.15, 0.2) is 42.5 Å². The van der Waals surface area contributed by atoms with Gasteiger partial charge in [0, 0.05) is 49.8 Å². The van der Waals surface area contributed by atoms with Gasteiger partial charge >= 0.3 is 0 Å². The highest BCUT2D eigenvalue weighted by Crippen LogP contribution is 2.23. The summed E-state index contributed by atoms with van der Waals surface area (Å²) in [4.78, 5) is 9.71. The van der Waals surface area contributed by atoms with Gasteiger partial charge in [-0.25, -0.2) is 4.98 Å². The monoisotopic (exact) mass is 388 g/mol. The van der Waals surface area contributed by atoms with E-state index in [1.165, 1.54) is 5.52 Å². The van der Waals surface area contributed by atoms with E-state index >= 15 is 0 Å². The van der Waals surface area contributed by atoms with Gasteiger partial charge in [0.2, 0.25) is 0 Å². The van der Waals surface area contributed by atoms with Gasteiger partial charge in [0.1, 0.15) is 5.82 Å². The Balaban J connectivity index is 1.36. The van der Waals surface area contributed by atoms with E-state index in [9.17, 15) is 0 Å². The largest absolute Gasteiger partial charge is 0.330 e. The fraction of sp³-hybridized carbons (Fsp3) is 0.350. The topological polar surface area (TPSA) is 24.3 Å². The molecule has 0 bridgehead atoms. The van der Waals surface area contributed by atoms with Crippen LogP contribution in [0.2, 0.25) is 10.0 Å². The van der Waals surface area contributed by atoms with Gasteiger partial charge in [-0.15, -0.1) is 0 Å². The number of aromatic nitrogens is 2. The number of fused-ring (bicyclic) bond motifs is 1. The maximum Gasteiger partial charge on any atom is 0.123 e. The zero-order chi connectivity index (χ0) is 18.1. The molecule has 136 valence electrons. The van der Waals surface area contributed by atoms with Crippen molar-refractivity contribution in [2.24, 2.45) is 7.05 Å². The fourth-order valence-corrected chi connectivity index (χ4v) is 4.00. The first-order valence-electron chi connectivity index (χ1n) is 8.89. The van der Waals surface area contributed by atoms with Gasteiger partial charge in [0.15, 0.2) is 0 Å². The molecule has 4 rings (SSSR count). The zero-order valence-corrected chi connectivity index (χ0v) is 16.3. The minimum absolute atomic E-state index is 0.686. The number of piperazine rings is 1. The molecule has 1 saturated heterocycles. The van der Waals surface area contributed by atoms with Crippen LogP contribution >= 0.6 is 23.2 Å². The normalized spacial score (nSPS) is 16.4. The van der Waals surface area contributed by atoms with E-state index in [4.69, 9.17) is 28.2 Å². The number of benzene rings is 2. The molecule has 1 aliphatic rings. The maximum atomic E-state index is 6.31. The number of rotatable bonds is 4. The summed E-state index contributed by atoms with van der Waals surface area (Å²) in [5.41, 5.74) is 3.40. The van der Waals surface area contributed by atoms with E-state index in [1.807, 2.05) is 24.3 Å². The van der Waals surface area contributed by atoms with E-state index in [2.05, 4.69) is 39.6 Å². The van der Waals surface area contributed by atoms with Crippen molar-refractivity contribution in [2.75, 3.05) is 26.2 Å². The lowest BCUT2D eigenvalue weighted by atomic mass is 10.2. The molecule has 3 aromatic rings. The van der Waals surface area contributed by atoms with E-state index in [-0.39, 0.29) is 0 Å². The van der Waals surface area contributed by atoms with Crippen molar-refractivity contribution >= 4 is 34.2 Å². The summed E-state index contributed by atoms with van der Waals surface area (Å²) in [6, 6.07) is 14.1. The van der Waals surface area contributed by atoms with Crippen LogP contribution in [-0.2, 0) is 20.1 Å². The number of imidazole rings is 1. The third-order valence-electron chi connectivity index (χ3n) is 5.12. The number of hydrogen-bond acceptors (Lipinski definition) is 3. The molecule has 6 heteroatoms. The van der Waals surface area contributed by atoms with Gasteiger partial charge in [-0.3, -0.25) is 9.80 Å². The quantitative estimate of drug-likeness (QED) is 0.669. The van der Waals surface area contributed by atoms with Crippen molar-refractivity contribution in [3.05, 3.63) is 63.9 Å². The molecule has 2 heterocycles. The average molecular weight is 389 g/mol. The lowest BCUT2D eigenvalue weighted by Crippen LogP contribution is -2.45. The van der Waals surface area contributed by atoms with Crippen molar-refractivity contribution < 1.29 is 0 Å². The third kappa shape index (κ3) is 3.74. The molecule has 1 fully saturated rings. The lowest BCUT2D eigenvalue weighted by molar-refractivity contribution is 0.119. The van der Waals surface area contributed by atoms with Gasteiger partial charge in [-0.1, -0.05) is 41.4 Å². The second-order valence-corrected chi connectivity index (χ2v) is 7.71. The Labute approximate surface area is 163 Å². The van der Waals surface area contributed by atoms with Gasteiger partial charge in [0.05, 0.1) is 17.6 Å². The molecule has 0 unspecified atom stereocenters. The molecule has 0 aliphatic carbocycles. The number of nitrogens with zero attached hydrogens (tertiary/aromatic N) is 4. The van der Waals surface area contributed by atoms with Crippen LogP contribution in [0.1, 0.15) is 11.4 Å². The van der Waals surface area contributed by atoms with Crippen molar-refractivity contribution in [3.63, 3.8) is 0 Å². The predicted molar refractivity (Wildman–Crippen MR) is 108 cm³/mol. The SMILES string of the molecule is Cn1c(CN2CCN(Cc3ccc(Cl)cc3Cl)CC2)nc2ccccc21. The lowest BCUT2D eigenvalue weighted by Gasteiger charge is -2.34. The smallest absolute Gasteiger partial charge is 0.123 e. The third-order valence-corrected chi connectivity index (χ3v) is 5.71. The summed E-state index contributed by atoms with van der Waals surface area (Å²) < 4.78 is 2.20. The maximum absolute atomic E-state index is 6.31. The molecule has 0 atom stereocenters. The van der Waals surface area contributed by atoms with E-state index in [0.29, 0.717) is 5.02 Å². The number of halogens is 2. The minimum Gasteiger partial charge on any atom is -0.330 e. The molecule has 2 aromatic carbocycles. The molecule has 1 aliphatic heterocycles. The predicted octanol–water partition coefficient (Wildman–Crippen LogP) is 4.20. The summed E-state index contributed by atoms with van der Waals surface area (Å²) in [5.74, 6) is 1.13. The Morgan fingerprint density at radius 3 is 2.31 bits per heavy atom. The van der Waals surface area contributed by atoms with Crippen LogP contribution in [0, 0.1) is 0 Å². The van der Waals surface area contributed by atoms with E-state index in [1.54, 1.807) is 0 Å². The summed E-state index contributed by atoms with van der Waals surface area (Å²) in [6.45, 7) is 5.89. The standard InChI is InChI=1S/C20H22Cl2N4/c1-24-19-5-3-2-4-18(19)23-20(24)14-26-10-8-25(9-11-26)13-15-6-7-16(21)12-17(15)22/h2-7,12H,8-11,13-14H2,1H3. The Morgan fingerprint density at radius 2 is 1.62 bits per heavy atom. The van der Waals surface area contributed by atoms with Crippen molar-refractivity contribution in [3.8, 4) is 0 Å². The van der Waals surface area contributed by atoms with Crippen LogP contribution < -0.4 is 0 Å². The van der Waals surface area contributed by atoms with Crippen LogP contribution in [0.3, 0.4) is 0 Å². The van der Waals surface area contributed by atoms with Crippen LogP contribution in [0.4, 0.5) is 0 Å². The Hall–Kier alpha value is -1.59. The molecule has 4 nitrogen and oxygen atoms in total. The highest BCUT2D eigenvalue weighted by molar-refractivity contribution is 6.35. The molecule has 26 heavy (non-hydrogen) atoms. The molecule has 0 amide bonds. The minimum atomic E-state index is 0.686. The average Bonchev–Trinajstić information content (AvgIpc) is 2.95. The summed E-state index contributed by atoms with van der Waals surface area (Å²) in [7, 11) is 2.10. The van der Waals surface area contributed by atoms with Crippen molar-refractivity contribution in [1.29, 1.82) is 0 Å². The Kier molecular flexibility index (Phi) is 5.18. The van der Waals surface area contributed by atoms with Crippen molar-refractivity contribution in [1.82, 2.24) is 19.4 Å². The second-order valence-electron chi connectivity index (χ2n) is 6.86. The van der Waals surface area contributed by atoms with Gasteiger partial charge < -0.3 is 4.57 Å². The van der Waals surface area contributed by atoms with Crippen LogP contribution in [0.25, 0.3) is 11.0 Å². The number of aryl methyl sites for hydroxylation is 1. The molecule has 0 radical (unpaired) electrons. The number of hydrogen-bond donors (Lipinski definition) is 0. The molecular weight excluding hydrogens is 367 g/mol. The fourth-order valence-electron chi connectivity index (χ4n) is 3.53. The van der Waals surface area contributed by atoms with Gasteiger partial charge in [0.25, 0.3) is 0 Å². The first kappa shape index (κ1) is 17.8. The molecule has 1 aromatic heterocycles.